The number of aliphatic carboxylic acids is 1. The summed E-state index contributed by atoms with van der Waals surface area (Å²) in [5.41, 5.74) is 1.86. The van der Waals surface area contributed by atoms with Crippen molar-refractivity contribution in [2.24, 2.45) is 0 Å². The van der Waals surface area contributed by atoms with Gasteiger partial charge in [-0.15, -0.1) is 0 Å². The number of nitrogens with zero attached hydrogens (tertiary/aromatic N) is 1. The molecule has 3 rings (SSSR count). The first-order chi connectivity index (χ1) is 12.5. The summed E-state index contributed by atoms with van der Waals surface area (Å²) >= 11 is 6.09. The van der Waals surface area contributed by atoms with Gasteiger partial charge in [0.25, 0.3) is 5.56 Å². The molecule has 0 aliphatic heterocycles. The summed E-state index contributed by atoms with van der Waals surface area (Å²) in [5.74, 6) is -0.171. The summed E-state index contributed by atoms with van der Waals surface area (Å²) < 4.78 is 6.77. The van der Waals surface area contributed by atoms with Gasteiger partial charge in [-0.25, -0.2) is 0 Å². The number of carboxylic acid groups (broad SMARTS) is 1. The predicted molar refractivity (Wildman–Crippen MR) is 102 cm³/mol. The number of pyridine rings is 1. The van der Waals surface area contributed by atoms with Crippen molar-refractivity contribution < 1.29 is 14.6 Å². The molecule has 0 aliphatic carbocycles. The molecule has 134 valence electrons. The van der Waals surface area contributed by atoms with Gasteiger partial charge in [-0.1, -0.05) is 29.8 Å². The topological polar surface area (TPSA) is 68.5 Å². The SMILES string of the molecule is COc1ccc(-c2cc3ccc(Cl)cc3n(CCCC(=O)O)c2=O)cc1. The van der Waals surface area contributed by atoms with Crippen LogP contribution in [0.5, 0.6) is 5.75 Å². The summed E-state index contributed by atoms with van der Waals surface area (Å²) in [7, 11) is 1.59. The monoisotopic (exact) mass is 371 g/mol. The fraction of sp³-hybridized carbons (Fsp3) is 0.200. The molecule has 0 saturated carbocycles. The average molecular weight is 372 g/mol. The van der Waals surface area contributed by atoms with E-state index in [-0.39, 0.29) is 12.0 Å². The minimum atomic E-state index is -0.883. The van der Waals surface area contributed by atoms with E-state index in [4.69, 9.17) is 21.4 Å². The van der Waals surface area contributed by atoms with Crippen molar-refractivity contribution in [1.29, 1.82) is 0 Å². The average Bonchev–Trinajstić information content (AvgIpc) is 2.63. The number of carbonyl (C=O) groups is 1. The number of rotatable bonds is 6. The molecule has 26 heavy (non-hydrogen) atoms. The molecule has 0 fully saturated rings. The van der Waals surface area contributed by atoms with Crippen LogP contribution < -0.4 is 10.3 Å². The number of carboxylic acids is 1. The molecule has 6 heteroatoms. The minimum absolute atomic E-state index is 0.00125. The Kier molecular flexibility index (Phi) is 5.28. The van der Waals surface area contributed by atoms with Gasteiger partial charge in [-0.3, -0.25) is 9.59 Å². The number of methoxy groups -OCH3 is 1. The maximum absolute atomic E-state index is 13.1. The van der Waals surface area contributed by atoms with Crippen LogP contribution in [0.3, 0.4) is 0 Å². The largest absolute Gasteiger partial charge is 0.497 e. The third-order valence-electron chi connectivity index (χ3n) is 4.23. The van der Waals surface area contributed by atoms with Gasteiger partial charge in [-0.2, -0.15) is 0 Å². The second kappa shape index (κ2) is 7.62. The highest BCUT2D eigenvalue weighted by molar-refractivity contribution is 6.31. The van der Waals surface area contributed by atoms with Crippen molar-refractivity contribution in [3.8, 4) is 16.9 Å². The third kappa shape index (κ3) is 3.73. The zero-order valence-electron chi connectivity index (χ0n) is 14.2. The van der Waals surface area contributed by atoms with E-state index in [2.05, 4.69) is 0 Å². The van der Waals surface area contributed by atoms with Crippen LogP contribution in [0.4, 0.5) is 0 Å². The van der Waals surface area contributed by atoms with Crippen LogP contribution in [-0.2, 0) is 11.3 Å². The lowest BCUT2D eigenvalue weighted by molar-refractivity contribution is -0.137. The molecule has 1 heterocycles. The molecule has 0 unspecified atom stereocenters. The second-order valence-electron chi connectivity index (χ2n) is 5.94. The summed E-state index contributed by atoms with van der Waals surface area (Å²) in [5, 5.41) is 10.3. The Morgan fingerprint density at radius 3 is 2.54 bits per heavy atom. The van der Waals surface area contributed by atoms with Crippen LogP contribution in [0.1, 0.15) is 12.8 Å². The molecular formula is C20H18ClNO4. The van der Waals surface area contributed by atoms with Gasteiger partial charge in [0, 0.05) is 23.6 Å². The highest BCUT2D eigenvalue weighted by Crippen LogP contribution is 2.25. The van der Waals surface area contributed by atoms with Crippen LogP contribution in [0, 0.1) is 0 Å². The number of fused-ring (bicyclic) bond motifs is 1. The van der Waals surface area contributed by atoms with Gasteiger partial charge >= 0.3 is 5.97 Å². The highest BCUT2D eigenvalue weighted by Gasteiger charge is 2.12. The van der Waals surface area contributed by atoms with Crippen LogP contribution in [0.25, 0.3) is 22.0 Å². The molecule has 0 aliphatic rings. The number of hydrogen-bond acceptors (Lipinski definition) is 3. The van der Waals surface area contributed by atoms with E-state index in [1.165, 1.54) is 0 Å². The Balaban J connectivity index is 2.14. The molecule has 0 saturated heterocycles. The molecule has 2 aromatic carbocycles. The van der Waals surface area contributed by atoms with E-state index in [9.17, 15) is 9.59 Å². The number of aromatic nitrogens is 1. The summed E-state index contributed by atoms with van der Waals surface area (Å²) in [6, 6.07) is 14.5. The normalized spacial score (nSPS) is 10.8. The molecule has 0 spiro atoms. The molecule has 0 amide bonds. The molecule has 0 radical (unpaired) electrons. The molecular weight excluding hydrogens is 354 g/mol. The van der Waals surface area contributed by atoms with Crippen molar-refractivity contribution in [2.75, 3.05) is 7.11 Å². The maximum Gasteiger partial charge on any atom is 0.303 e. The number of ether oxygens (including phenoxy) is 1. The Morgan fingerprint density at radius 1 is 1.15 bits per heavy atom. The first kappa shape index (κ1) is 18.0. The first-order valence-corrected chi connectivity index (χ1v) is 8.56. The van der Waals surface area contributed by atoms with Crippen molar-refractivity contribution in [3.05, 3.63) is 63.9 Å². The predicted octanol–water partition coefficient (Wildman–Crippen LogP) is 4.20. The van der Waals surface area contributed by atoms with Gasteiger partial charge in [0.05, 0.1) is 12.6 Å². The number of aryl methyl sites for hydroxylation is 1. The molecule has 5 nitrogen and oxygen atoms in total. The second-order valence-corrected chi connectivity index (χ2v) is 6.38. The van der Waals surface area contributed by atoms with Gasteiger partial charge in [0.15, 0.2) is 0 Å². The van der Waals surface area contributed by atoms with Gasteiger partial charge in [-0.05, 0) is 47.7 Å². The number of benzene rings is 2. The zero-order valence-corrected chi connectivity index (χ0v) is 15.0. The van der Waals surface area contributed by atoms with Crippen LogP contribution in [-0.4, -0.2) is 22.8 Å². The number of halogens is 1. The zero-order chi connectivity index (χ0) is 18.7. The minimum Gasteiger partial charge on any atom is -0.497 e. The van der Waals surface area contributed by atoms with Crippen molar-refractivity contribution >= 4 is 28.5 Å². The maximum atomic E-state index is 13.1. The molecule has 1 aromatic heterocycles. The van der Waals surface area contributed by atoms with Gasteiger partial charge in [0.1, 0.15) is 5.75 Å². The van der Waals surface area contributed by atoms with Crippen LogP contribution in [0.15, 0.2) is 53.3 Å². The molecule has 3 aromatic rings. The van der Waals surface area contributed by atoms with Crippen LogP contribution >= 0.6 is 11.6 Å². The van der Waals surface area contributed by atoms with E-state index >= 15 is 0 Å². The quantitative estimate of drug-likeness (QED) is 0.705. The lowest BCUT2D eigenvalue weighted by Gasteiger charge is -2.13. The third-order valence-corrected chi connectivity index (χ3v) is 4.47. The molecule has 0 atom stereocenters. The Bertz CT molecular complexity index is 1010. The Labute approximate surface area is 155 Å². The van der Waals surface area contributed by atoms with Crippen molar-refractivity contribution in [3.63, 3.8) is 0 Å². The highest BCUT2D eigenvalue weighted by atomic mass is 35.5. The van der Waals surface area contributed by atoms with E-state index in [1.54, 1.807) is 35.9 Å². The lowest BCUT2D eigenvalue weighted by atomic mass is 10.0. The summed E-state index contributed by atoms with van der Waals surface area (Å²) in [6.07, 6.45) is 0.365. The van der Waals surface area contributed by atoms with E-state index in [0.29, 0.717) is 34.8 Å². The van der Waals surface area contributed by atoms with E-state index in [0.717, 1.165) is 10.9 Å². The standard InChI is InChI=1S/C20H18ClNO4/c1-26-16-8-5-13(6-9-16)17-11-14-4-7-15(21)12-18(14)22(20(17)25)10-2-3-19(23)24/h4-9,11-12H,2-3,10H2,1H3,(H,23,24). The van der Waals surface area contributed by atoms with Crippen molar-refractivity contribution in [2.45, 2.75) is 19.4 Å². The fourth-order valence-corrected chi connectivity index (χ4v) is 3.10. The van der Waals surface area contributed by atoms with Gasteiger partial charge in [0.2, 0.25) is 0 Å². The van der Waals surface area contributed by atoms with E-state index < -0.39 is 5.97 Å². The summed E-state index contributed by atoms with van der Waals surface area (Å²) in [4.78, 5) is 23.9. The Morgan fingerprint density at radius 2 is 1.88 bits per heavy atom. The van der Waals surface area contributed by atoms with Gasteiger partial charge < -0.3 is 14.4 Å². The molecule has 1 N–H and O–H groups in total. The summed E-state index contributed by atoms with van der Waals surface area (Å²) in [6.45, 7) is 0.311. The van der Waals surface area contributed by atoms with E-state index in [1.807, 2.05) is 24.3 Å². The van der Waals surface area contributed by atoms with Crippen LogP contribution in [0.2, 0.25) is 5.02 Å². The number of hydrogen-bond donors (Lipinski definition) is 1. The molecule has 0 bridgehead atoms. The van der Waals surface area contributed by atoms with Crippen molar-refractivity contribution in [1.82, 2.24) is 4.57 Å². The Hall–Kier alpha value is -2.79. The first-order valence-electron chi connectivity index (χ1n) is 8.19. The lowest BCUT2D eigenvalue weighted by Crippen LogP contribution is -2.22. The smallest absolute Gasteiger partial charge is 0.303 e. The fourth-order valence-electron chi connectivity index (χ4n) is 2.93.